The predicted octanol–water partition coefficient (Wildman–Crippen LogP) is 1.96. The molecule has 4 heteroatoms. The van der Waals surface area contributed by atoms with Crippen LogP contribution in [0.3, 0.4) is 0 Å². The van der Waals surface area contributed by atoms with Crippen LogP contribution in [0, 0.1) is 11.8 Å². The Morgan fingerprint density at radius 1 is 1.41 bits per heavy atom. The summed E-state index contributed by atoms with van der Waals surface area (Å²) < 4.78 is 7.85. The SMILES string of the molecule is CCn1nccc1C(N)C1C(C)OC(C)C1C. The number of aromatic nitrogens is 2. The summed E-state index contributed by atoms with van der Waals surface area (Å²) in [4.78, 5) is 0. The molecule has 0 saturated carbocycles. The molecule has 4 nitrogen and oxygen atoms in total. The molecule has 2 rings (SSSR count). The van der Waals surface area contributed by atoms with E-state index in [4.69, 9.17) is 10.5 Å². The van der Waals surface area contributed by atoms with E-state index in [1.54, 1.807) is 0 Å². The lowest BCUT2D eigenvalue weighted by atomic mass is 9.82. The summed E-state index contributed by atoms with van der Waals surface area (Å²) in [7, 11) is 0. The maximum absolute atomic E-state index is 6.42. The summed E-state index contributed by atoms with van der Waals surface area (Å²) in [5.41, 5.74) is 7.54. The summed E-state index contributed by atoms with van der Waals surface area (Å²) in [6, 6.07) is 2.03. The van der Waals surface area contributed by atoms with Crippen molar-refractivity contribution in [2.45, 2.75) is 52.5 Å². The van der Waals surface area contributed by atoms with E-state index in [2.05, 4.69) is 32.8 Å². The van der Waals surface area contributed by atoms with Crippen molar-refractivity contribution in [3.63, 3.8) is 0 Å². The highest BCUT2D eigenvalue weighted by Gasteiger charge is 2.41. The Morgan fingerprint density at radius 2 is 2.12 bits per heavy atom. The van der Waals surface area contributed by atoms with Crippen LogP contribution < -0.4 is 5.73 Å². The highest BCUT2D eigenvalue weighted by molar-refractivity contribution is 5.10. The maximum Gasteiger partial charge on any atom is 0.0601 e. The number of rotatable bonds is 3. The molecule has 5 unspecified atom stereocenters. The lowest BCUT2D eigenvalue weighted by Gasteiger charge is -2.26. The largest absolute Gasteiger partial charge is 0.375 e. The molecule has 1 aliphatic rings. The molecule has 96 valence electrons. The van der Waals surface area contributed by atoms with E-state index in [1.165, 1.54) is 0 Å². The summed E-state index contributed by atoms with van der Waals surface area (Å²) in [5, 5.41) is 4.29. The van der Waals surface area contributed by atoms with Crippen LogP contribution in [-0.2, 0) is 11.3 Å². The minimum Gasteiger partial charge on any atom is -0.375 e. The standard InChI is InChI=1S/C13H23N3O/c1-5-16-11(6-7-15-16)13(14)12-8(2)9(3)17-10(12)4/h6-10,12-13H,5,14H2,1-4H3. The minimum absolute atomic E-state index is 0.00685. The van der Waals surface area contributed by atoms with Gasteiger partial charge in [0.05, 0.1) is 23.9 Å². The van der Waals surface area contributed by atoms with Crippen LogP contribution in [0.1, 0.15) is 39.4 Å². The van der Waals surface area contributed by atoms with Crippen molar-refractivity contribution in [3.05, 3.63) is 18.0 Å². The summed E-state index contributed by atoms with van der Waals surface area (Å²) in [5.74, 6) is 0.854. The normalized spacial score (nSPS) is 35.1. The van der Waals surface area contributed by atoms with Crippen LogP contribution >= 0.6 is 0 Å². The first-order valence-electron chi connectivity index (χ1n) is 6.49. The van der Waals surface area contributed by atoms with E-state index in [0.717, 1.165) is 12.2 Å². The van der Waals surface area contributed by atoms with Gasteiger partial charge in [-0.15, -0.1) is 0 Å². The molecule has 0 bridgehead atoms. The molecule has 0 aliphatic carbocycles. The Balaban J connectivity index is 2.22. The first-order chi connectivity index (χ1) is 8.06. The van der Waals surface area contributed by atoms with Crippen molar-refractivity contribution >= 4 is 0 Å². The first-order valence-corrected chi connectivity index (χ1v) is 6.49. The molecule has 1 saturated heterocycles. The summed E-state index contributed by atoms with van der Waals surface area (Å²) >= 11 is 0. The predicted molar refractivity (Wildman–Crippen MR) is 67.5 cm³/mol. The van der Waals surface area contributed by atoms with Crippen LogP contribution in [0.2, 0.25) is 0 Å². The van der Waals surface area contributed by atoms with Crippen LogP contribution in [0.5, 0.6) is 0 Å². The minimum atomic E-state index is 0.00685. The average Bonchev–Trinajstić information content (AvgIpc) is 2.84. The van der Waals surface area contributed by atoms with Gasteiger partial charge in [0.2, 0.25) is 0 Å². The van der Waals surface area contributed by atoms with Crippen molar-refractivity contribution in [2.75, 3.05) is 0 Å². The number of hydrogen-bond acceptors (Lipinski definition) is 3. The van der Waals surface area contributed by atoms with Gasteiger partial charge in [0, 0.05) is 18.7 Å². The second kappa shape index (κ2) is 4.78. The number of hydrogen-bond donors (Lipinski definition) is 1. The molecule has 1 aromatic rings. The van der Waals surface area contributed by atoms with Crippen molar-refractivity contribution in [1.29, 1.82) is 0 Å². The van der Waals surface area contributed by atoms with E-state index in [1.807, 2.05) is 16.9 Å². The zero-order valence-corrected chi connectivity index (χ0v) is 11.1. The fourth-order valence-electron chi connectivity index (χ4n) is 3.00. The van der Waals surface area contributed by atoms with Crippen molar-refractivity contribution in [1.82, 2.24) is 9.78 Å². The third kappa shape index (κ3) is 2.11. The Kier molecular flexibility index (Phi) is 3.54. The van der Waals surface area contributed by atoms with E-state index in [9.17, 15) is 0 Å². The molecule has 1 aromatic heterocycles. The third-order valence-electron chi connectivity index (χ3n) is 4.12. The molecule has 17 heavy (non-hydrogen) atoms. The summed E-state index contributed by atoms with van der Waals surface area (Å²) in [6.45, 7) is 9.43. The molecular weight excluding hydrogens is 214 g/mol. The molecule has 0 radical (unpaired) electrons. The van der Waals surface area contributed by atoms with Gasteiger partial charge >= 0.3 is 0 Å². The maximum atomic E-state index is 6.42. The van der Waals surface area contributed by atoms with Gasteiger partial charge in [0.15, 0.2) is 0 Å². The zero-order valence-electron chi connectivity index (χ0n) is 11.1. The zero-order chi connectivity index (χ0) is 12.6. The molecule has 2 N–H and O–H groups in total. The van der Waals surface area contributed by atoms with Gasteiger partial charge in [-0.05, 0) is 32.8 Å². The van der Waals surface area contributed by atoms with Gasteiger partial charge in [-0.2, -0.15) is 5.10 Å². The molecule has 2 heterocycles. The third-order valence-corrected chi connectivity index (χ3v) is 4.12. The van der Waals surface area contributed by atoms with Crippen molar-refractivity contribution in [3.8, 4) is 0 Å². The molecule has 0 amide bonds. The van der Waals surface area contributed by atoms with E-state index in [-0.39, 0.29) is 12.1 Å². The fourth-order valence-corrected chi connectivity index (χ4v) is 3.00. The first kappa shape index (κ1) is 12.6. The highest BCUT2D eigenvalue weighted by Crippen LogP contribution is 2.39. The van der Waals surface area contributed by atoms with Crippen LogP contribution in [0.4, 0.5) is 0 Å². The smallest absolute Gasteiger partial charge is 0.0601 e. The van der Waals surface area contributed by atoms with Gasteiger partial charge in [-0.3, -0.25) is 4.68 Å². The second-order valence-electron chi connectivity index (χ2n) is 5.08. The van der Waals surface area contributed by atoms with Crippen LogP contribution in [-0.4, -0.2) is 22.0 Å². The molecule has 1 fully saturated rings. The second-order valence-corrected chi connectivity index (χ2v) is 5.08. The van der Waals surface area contributed by atoms with Gasteiger partial charge in [0.25, 0.3) is 0 Å². The topological polar surface area (TPSA) is 53.1 Å². The Labute approximate surface area is 103 Å². The number of ether oxygens (including phenoxy) is 1. The van der Waals surface area contributed by atoms with Crippen LogP contribution in [0.25, 0.3) is 0 Å². The summed E-state index contributed by atoms with van der Waals surface area (Å²) in [6.07, 6.45) is 2.34. The molecule has 1 aliphatic heterocycles. The highest BCUT2D eigenvalue weighted by atomic mass is 16.5. The van der Waals surface area contributed by atoms with Gasteiger partial charge < -0.3 is 10.5 Å². The lowest BCUT2D eigenvalue weighted by Crippen LogP contribution is -2.32. The van der Waals surface area contributed by atoms with E-state index < -0.39 is 0 Å². The Bertz CT molecular complexity index is 376. The fraction of sp³-hybridized carbons (Fsp3) is 0.769. The number of nitrogens with two attached hydrogens (primary N) is 1. The molecule has 5 atom stereocenters. The van der Waals surface area contributed by atoms with E-state index in [0.29, 0.717) is 17.9 Å². The molecule has 0 spiro atoms. The van der Waals surface area contributed by atoms with E-state index >= 15 is 0 Å². The molecule has 0 aromatic carbocycles. The van der Waals surface area contributed by atoms with Gasteiger partial charge in [0.1, 0.15) is 0 Å². The lowest BCUT2D eigenvalue weighted by molar-refractivity contribution is 0.0487. The number of aryl methyl sites for hydroxylation is 1. The Morgan fingerprint density at radius 3 is 2.65 bits per heavy atom. The van der Waals surface area contributed by atoms with Crippen molar-refractivity contribution in [2.24, 2.45) is 17.6 Å². The van der Waals surface area contributed by atoms with Gasteiger partial charge in [-0.1, -0.05) is 6.92 Å². The molecular formula is C13H23N3O. The van der Waals surface area contributed by atoms with Crippen LogP contribution in [0.15, 0.2) is 12.3 Å². The average molecular weight is 237 g/mol. The van der Waals surface area contributed by atoms with Crippen molar-refractivity contribution < 1.29 is 4.74 Å². The number of nitrogens with zero attached hydrogens (tertiary/aromatic N) is 2. The quantitative estimate of drug-likeness (QED) is 0.874. The van der Waals surface area contributed by atoms with Gasteiger partial charge in [-0.25, -0.2) is 0 Å². The monoisotopic (exact) mass is 237 g/mol. The Hall–Kier alpha value is -0.870.